The largest absolute Gasteiger partial charge is 0.394 e. The summed E-state index contributed by atoms with van der Waals surface area (Å²) < 4.78 is 1.87. The van der Waals surface area contributed by atoms with Gasteiger partial charge in [0, 0.05) is 13.1 Å². The molecule has 0 atom stereocenters. The molecule has 0 aliphatic rings. The first-order chi connectivity index (χ1) is 9.15. The van der Waals surface area contributed by atoms with Crippen LogP contribution < -0.4 is 11.1 Å². The van der Waals surface area contributed by atoms with Crippen LogP contribution in [0.4, 0.5) is 11.5 Å². The van der Waals surface area contributed by atoms with E-state index in [-0.39, 0.29) is 6.61 Å². The molecule has 2 rings (SSSR count). The van der Waals surface area contributed by atoms with E-state index in [9.17, 15) is 0 Å². The molecule has 0 fully saturated rings. The molecule has 5 nitrogen and oxygen atoms in total. The number of anilines is 2. The van der Waals surface area contributed by atoms with E-state index in [0.717, 1.165) is 29.2 Å². The van der Waals surface area contributed by atoms with Gasteiger partial charge in [-0.2, -0.15) is 5.10 Å². The van der Waals surface area contributed by atoms with E-state index >= 15 is 0 Å². The van der Waals surface area contributed by atoms with Crippen molar-refractivity contribution in [1.82, 2.24) is 9.78 Å². The number of hydrogen-bond donors (Lipinski definition) is 3. The first-order valence-corrected chi connectivity index (χ1v) is 6.41. The van der Waals surface area contributed by atoms with E-state index in [0.29, 0.717) is 12.2 Å². The fourth-order valence-electron chi connectivity index (χ4n) is 1.96. The predicted octanol–water partition coefficient (Wildman–Crippen LogP) is 1.90. The number of nitrogens with two attached hydrogens (primary N) is 1. The highest BCUT2D eigenvalue weighted by molar-refractivity contribution is 5.64. The molecule has 0 unspecified atom stereocenters. The minimum absolute atomic E-state index is 0.0719. The second kappa shape index (κ2) is 5.75. The van der Waals surface area contributed by atoms with Crippen molar-refractivity contribution in [3.05, 3.63) is 41.1 Å². The summed E-state index contributed by atoms with van der Waals surface area (Å²) in [6.45, 7) is 5.48. The van der Waals surface area contributed by atoms with Gasteiger partial charge < -0.3 is 16.2 Å². The second-order valence-electron chi connectivity index (χ2n) is 4.49. The molecule has 2 aromatic rings. The van der Waals surface area contributed by atoms with Gasteiger partial charge in [-0.3, -0.25) is 0 Å². The average Bonchev–Trinajstić information content (AvgIpc) is 2.72. The zero-order chi connectivity index (χ0) is 13.8. The van der Waals surface area contributed by atoms with E-state index in [1.807, 2.05) is 42.8 Å². The lowest BCUT2D eigenvalue weighted by Gasteiger charge is -2.09. The van der Waals surface area contributed by atoms with Crippen molar-refractivity contribution < 1.29 is 5.11 Å². The van der Waals surface area contributed by atoms with Crippen LogP contribution >= 0.6 is 0 Å². The van der Waals surface area contributed by atoms with Crippen LogP contribution in [-0.2, 0) is 19.7 Å². The van der Waals surface area contributed by atoms with Gasteiger partial charge in [-0.15, -0.1) is 0 Å². The third kappa shape index (κ3) is 2.88. The highest BCUT2D eigenvalue weighted by atomic mass is 16.3. The minimum atomic E-state index is 0.0719. The zero-order valence-corrected chi connectivity index (χ0v) is 11.3. The first kappa shape index (κ1) is 13.4. The number of benzene rings is 1. The highest BCUT2D eigenvalue weighted by Gasteiger charge is 2.10. The fourth-order valence-corrected chi connectivity index (χ4v) is 1.96. The van der Waals surface area contributed by atoms with E-state index < -0.39 is 0 Å². The fraction of sp³-hybridized carbons (Fsp3) is 0.357. The summed E-state index contributed by atoms with van der Waals surface area (Å²) in [5.41, 5.74) is 9.61. The van der Waals surface area contributed by atoms with Gasteiger partial charge in [0.15, 0.2) is 0 Å². The molecule has 1 aromatic carbocycles. The summed E-state index contributed by atoms with van der Waals surface area (Å²) in [4.78, 5) is 0. The third-order valence-electron chi connectivity index (χ3n) is 3.14. The summed E-state index contributed by atoms with van der Waals surface area (Å²) in [5, 5.41) is 16.7. The van der Waals surface area contributed by atoms with Gasteiger partial charge in [0.25, 0.3) is 0 Å². The number of aliphatic hydroxyl groups excluding tert-OH is 1. The number of aliphatic hydroxyl groups is 1. The van der Waals surface area contributed by atoms with Crippen molar-refractivity contribution in [3.63, 3.8) is 0 Å². The molecular formula is C14H20N4O. The SMILES string of the molecule is CCn1nc(C)c(N)c1NCc1ccc(CO)cc1. The van der Waals surface area contributed by atoms with Crippen LogP contribution in [0.15, 0.2) is 24.3 Å². The van der Waals surface area contributed by atoms with E-state index in [1.54, 1.807) is 0 Å². The van der Waals surface area contributed by atoms with Gasteiger partial charge in [0.2, 0.25) is 0 Å². The number of nitrogens with zero attached hydrogens (tertiary/aromatic N) is 2. The van der Waals surface area contributed by atoms with Crippen molar-refractivity contribution in [2.24, 2.45) is 0 Å². The summed E-state index contributed by atoms with van der Waals surface area (Å²) in [6.07, 6.45) is 0. The maximum atomic E-state index is 9.00. The molecule has 0 saturated heterocycles. The molecule has 0 aliphatic heterocycles. The molecule has 0 saturated carbocycles. The Kier molecular flexibility index (Phi) is 4.06. The number of nitrogens with one attached hydrogen (secondary N) is 1. The molecule has 0 amide bonds. The normalized spacial score (nSPS) is 10.7. The Bertz CT molecular complexity index is 545. The number of hydrogen-bond acceptors (Lipinski definition) is 4. The van der Waals surface area contributed by atoms with E-state index in [4.69, 9.17) is 10.8 Å². The lowest BCUT2D eigenvalue weighted by molar-refractivity contribution is 0.282. The van der Waals surface area contributed by atoms with Crippen molar-refractivity contribution in [3.8, 4) is 0 Å². The van der Waals surface area contributed by atoms with Gasteiger partial charge in [0.05, 0.1) is 18.0 Å². The molecule has 0 spiro atoms. The monoisotopic (exact) mass is 260 g/mol. The van der Waals surface area contributed by atoms with Gasteiger partial charge in [0.1, 0.15) is 5.82 Å². The zero-order valence-electron chi connectivity index (χ0n) is 11.3. The topological polar surface area (TPSA) is 76.1 Å². The standard InChI is InChI=1S/C14H20N4O/c1-3-18-14(13(15)10(2)17-18)16-8-11-4-6-12(9-19)7-5-11/h4-7,16,19H,3,8-9,15H2,1-2H3. The van der Waals surface area contributed by atoms with Crippen LogP contribution in [-0.4, -0.2) is 14.9 Å². The van der Waals surface area contributed by atoms with Gasteiger partial charge in [-0.05, 0) is 25.0 Å². The van der Waals surface area contributed by atoms with Crippen LogP contribution in [0.2, 0.25) is 0 Å². The molecule has 0 bridgehead atoms. The van der Waals surface area contributed by atoms with Crippen molar-refractivity contribution >= 4 is 11.5 Å². The Morgan fingerprint density at radius 2 is 1.89 bits per heavy atom. The van der Waals surface area contributed by atoms with Crippen molar-refractivity contribution in [2.75, 3.05) is 11.1 Å². The molecule has 19 heavy (non-hydrogen) atoms. The molecule has 0 aliphatic carbocycles. The van der Waals surface area contributed by atoms with Crippen molar-refractivity contribution in [1.29, 1.82) is 0 Å². The number of aryl methyl sites for hydroxylation is 2. The Morgan fingerprint density at radius 3 is 2.47 bits per heavy atom. The van der Waals surface area contributed by atoms with Crippen LogP contribution in [0.1, 0.15) is 23.7 Å². The lowest BCUT2D eigenvalue weighted by atomic mass is 10.1. The van der Waals surface area contributed by atoms with Crippen LogP contribution in [0.5, 0.6) is 0 Å². The Balaban J connectivity index is 2.09. The lowest BCUT2D eigenvalue weighted by Crippen LogP contribution is -2.08. The number of rotatable bonds is 5. The molecule has 1 heterocycles. The van der Waals surface area contributed by atoms with Crippen LogP contribution in [0.3, 0.4) is 0 Å². The Labute approximate surface area is 113 Å². The van der Waals surface area contributed by atoms with Gasteiger partial charge in [-0.25, -0.2) is 4.68 Å². The number of aromatic nitrogens is 2. The maximum Gasteiger partial charge on any atom is 0.148 e. The minimum Gasteiger partial charge on any atom is -0.394 e. The molecule has 4 N–H and O–H groups in total. The quantitative estimate of drug-likeness (QED) is 0.767. The molecule has 5 heteroatoms. The Hall–Kier alpha value is -2.01. The third-order valence-corrected chi connectivity index (χ3v) is 3.14. The summed E-state index contributed by atoms with van der Waals surface area (Å²) in [5.74, 6) is 0.867. The average molecular weight is 260 g/mol. The van der Waals surface area contributed by atoms with E-state index in [1.165, 1.54) is 0 Å². The summed E-state index contributed by atoms with van der Waals surface area (Å²) in [6, 6.07) is 7.83. The van der Waals surface area contributed by atoms with Crippen molar-refractivity contribution in [2.45, 2.75) is 33.5 Å². The van der Waals surface area contributed by atoms with Gasteiger partial charge in [-0.1, -0.05) is 24.3 Å². The molecule has 1 aromatic heterocycles. The smallest absolute Gasteiger partial charge is 0.148 e. The molecular weight excluding hydrogens is 240 g/mol. The highest BCUT2D eigenvalue weighted by Crippen LogP contribution is 2.22. The summed E-state index contributed by atoms with van der Waals surface area (Å²) >= 11 is 0. The summed E-state index contributed by atoms with van der Waals surface area (Å²) in [7, 11) is 0. The van der Waals surface area contributed by atoms with Gasteiger partial charge >= 0.3 is 0 Å². The maximum absolute atomic E-state index is 9.00. The number of nitrogen functional groups attached to an aromatic ring is 1. The van der Waals surface area contributed by atoms with Crippen LogP contribution in [0.25, 0.3) is 0 Å². The predicted molar refractivity (Wildman–Crippen MR) is 76.7 cm³/mol. The molecule has 0 radical (unpaired) electrons. The second-order valence-corrected chi connectivity index (χ2v) is 4.49. The van der Waals surface area contributed by atoms with E-state index in [2.05, 4.69) is 10.4 Å². The van der Waals surface area contributed by atoms with Crippen LogP contribution in [0, 0.1) is 6.92 Å². The molecule has 102 valence electrons. The first-order valence-electron chi connectivity index (χ1n) is 6.41. The Morgan fingerprint density at radius 1 is 1.26 bits per heavy atom.